The van der Waals surface area contributed by atoms with Crippen LogP contribution in [-0.2, 0) is 9.53 Å². The smallest absolute Gasteiger partial charge is 0.321 e. The zero-order valence-corrected chi connectivity index (χ0v) is 8.05. The van der Waals surface area contributed by atoms with E-state index >= 15 is 0 Å². The summed E-state index contributed by atoms with van der Waals surface area (Å²) >= 11 is 1.66. The van der Waals surface area contributed by atoms with Crippen LogP contribution in [0, 0.1) is 0 Å². The first-order valence-electron chi connectivity index (χ1n) is 4.49. The molecule has 3 atom stereocenters. The largest absolute Gasteiger partial charge is 0.480 e. The van der Waals surface area contributed by atoms with E-state index in [-0.39, 0.29) is 17.5 Å². The van der Waals surface area contributed by atoms with Crippen molar-refractivity contribution >= 4 is 17.7 Å². The lowest BCUT2D eigenvalue weighted by molar-refractivity contribution is -0.138. The molecule has 2 fully saturated rings. The number of thioether (sulfide) groups is 1. The van der Waals surface area contributed by atoms with Crippen LogP contribution in [0.5, 0.6) is 0 Å². The molecule has 5 heteroatoms. The molecule has 0 saturated carbocycles. The first-order chi connectivity index (χ1) is 6.27. The van der Waals surface area contributed by atoms with Crippen LogP contribution in [0.15, 0.2) is 0 Å². The maximum atomic E-state index is 10.6. The molecule has 2 heterocycles. The molecule has 2 aliphatic heterocycles. The van der Waals surface area contributed by atoms with E-state index in [0.29, 0.717) is 5.75 Å². The Morgan fingerprint density at radius 2 is 2.46 bits per heavy atom. The zero-order chi connectivity index (χ0) is 9.26. The average molecular weight is 203 g/mol. The molecule has 2 unspecified atom stereocenters. The van der Waals surface area contributed by atoms with Gasteiger partial charge in [0.15, 0.2) is 0 Å². The number of carbonyl (C=O) groups is 1. The summed E-state index contributed by atoms with van der Waals surface area (Å²) in [5, 5.41) is 12.0. The van der Waals surface area contributed by atoms with Gasteiger partial charge >= 0.3 is 5.97 Å². The summed E-state index contributed by atoms with van der Waals surface area (Å²) in [5.74, 6) is -0.104. The average Bonchev–Trinajstić information content (AvgIpc) is 2.75. The van der Waals surface area contributed by atoms with Crippen molar-refractivity contribution in [3.05, 3.63) is 0 Å². The third-order valence-electron chi connectivity index (χ3n) is 2.41. The molecule has 0 bridgehead atoms. The van der Waals surface area contributed by atoms with Crippen molar-refractivity contribution in [1.82, 2.24) is 5.32 Å². The Hall–Kier alpha value is -0.260. The van der Waals surface area contributed by atoms with E-state index in [4.69, 9.17) is 9.84 Å². The van der Waals surface area contributed by atoms with E-state index in [2.05, 4.69) is 5.32 Å². The number of hydrogen-bond donors (Lipinski definition) is 2. The Morgan fingerprint density at radius 3 is 3.00 bits per heavy atom. The van der Waals surface area contributed by atoms with Gasteiger partial charge in [0, 0.05) is 12.4 Å². The first kappa shape index (κ1) is 9.30. The molecule has 0 amide bonds. The minimum atomic E-state index is -0.756. The van der Waals surface area contributed by atoms with Crippen LogP contribution in [0.25, 0.3) is 0 Å². The van der Waals surface area contributed by atoms with E-state index < -0.39 is 5.97 Å². The Bertz CT molecular complexity index is 206. The molecule has 2 aliphatic rings. The molecule has 0 aromatic carbocycles. The summed E-state index contributed by atoms with van der Waals surface area (Å²) in [6, 6.07) is -0.390. The van der Waals surface area contributed by atoms with Gasteiger partial charge in [-0.1, -0.05) is 0 Å². The summed E-state index contributed by atoms with van der Waals surface area (Å²) in [4.78, 5) is 10.6. The van der Waals surface area contributed by atoms with Crippen LogP contribution in [0.3, 0.4) is 0 Å². The van der Waals surface area contributed by atoms with Gasteiger partial charge in [-0.05, 0) is 12.8 Å². The third kappa shape index (κ3) is 1.98. The fourth-order valence-electron chi connectivity index (χ4n) is 1.69. The van der Waals surface area contributed by atoms with Crippen LogP contribution in [0.2, 0.25) is 0 Å². The number of nitrogens with one attached hydrogen (secondary N) is 1. The Morgan fingerprint density at radius 1 is 1.62 bits per heavy atom. The fourth-order valence-corrected chi connectivity index (χ4v) is 3.02. The van der Waals surface area contributed by atoms with E-state index in [1.165, 1.54) is 0 Å². The van der Waals surface area contributed by atoms with Gasteiger partial charge in [-0.15, -0.1) is 11.8 Å². The second-order valence-corrected chi connectivity index (χ2v) is 4.54. The van der Waals surface area contributed by atoms with Crippen LogP contribution in [0.1, 0.15) is 12.8 Å². The predicted octanol–water partition coefficient (Wildman–Crippen LogP) is 0.281. The molecule has 0 aromatic heterocycles. The van der Waals surface area contributed by atoms with Gasteiger partial charge in [-0.25, -0.2) is 0 Å². The van der Waals surface area contributed by atoms with Gasteiger partial charge < -0.3 is 9.84 Å². The van der Waals surface area contributed by atoms with Crippen molar-refractivity contribution in [3.8, 4) is 0 Å². The molecular formula is C8H13NO3S. The van der Waals surface area contributed by atoms with Crippen LogP contribution in [-0.4, -0.2) is 41.0 Å². The topological polar surface area (TPSA) is 58.6 Å². The first-order valence-corrected chi connectivity index (χ1v) is 5.54. The lowest BCUT2D eigenvalue weighted by atomic mass is 10.2. The van der Waals surface area contributed by atoms with Gasteiger partial charge in [0.05, 0.1) is 11.5 Å². The number of aliphatic carboxylic acids is 1. The zero-order valence-electron chi connectivity index (χ0n) is 7.23. The third-order valence-corrected chi connectivity index (χ3v) is 3.73. The van der Waals surface area contributed by atoms with Gasteiger partial charge in [0.25, 0.3) is 0 Å². The van der Waals surface area contributed by atoms with Crippen molar-refractivity contribution in [1.29, 1.82) is 0 Å². The number of ether oxygens (including phenoxy) is 1. The normalized spacial score (nSPS) is 39.5. The summed E-state index contributed by atoms with van der Waals surface area (Å²) in [6.45, 7) is 0.821. The molecule has 2 saturated heterocycles. The molecule has 13 heavy (non-hydrogen) atoms. The van der Waals surface area contributed by atoms with E-state index in [9.17, 15) is 4.79 Å². The van der Waals surface area contributed by atoms with E-state index in [1.807, 2.05) is 0 Å². The maximum Gasteiger partial charge on any atom is 0.321 e. The summed E-state index contributed by atoms with van der Waals surface area (Å²) in [7, 11) is 0. The molecular weight excluding hydrogens is 190 g/mol. The van der Waals surface area contributed by atoms with Crippen molar-refractivity contribution < 1.29 is 14.6 Å². The maximum absolute atomic E-state index is 10.6. The SMILES string of the molecule is O=C(O)[C@@H]1CSC(C2CCCO2)N1. The number of rotatable bonds is 2. The second-order valence-electron chi connectivity index (χ2n) is 3.36. The highest BCUT2D eigenvalue weighted by molar-refractivity contribution is 8.00. The van der Waals surface area contributed by atoms with Crippen molar-refractivity contribution in [2.75, 3.05) is 12.4 Å². The lowest BCUT2D eigenvalue weighted by Gasteiger charge is -2.17. The molecule has 0 aliphatic carbocycles. The monoisotopic (exact) mass is 203 g/mol. The van der Waals surface area contributed by atoms with Crippen LogP contribution in [0.4, 0.5) is 0 Å². The summed E-state index contributed by atoms with van der Waals surface area (Å²) in [5.41, 5.74) is 0. The summed E-state index contributed by atoms with van der Waals surface area (Å²) < 4.78 is 5.49. The fraction of sp³-hybridized carbons (Fsp3) is 0.875. The second kappa shape index (κ2) is 3.86. The lowest BCUT2D eigenvalue weighted by Crippen LogP contribution is -2.41. The number of carboxylic acid groups (broad SMARTS) is 1. The standard InChI is InChI=1S/C8H13NO3S/c10-8(11)5-4-13-7(9-5)6-2-1-3-12-6/h5-7,9H,1-4H2,(H,10,11)/t5-,6?,7?/m0/s1. The van der Waals surface area contributed by atoms with E-state index in [0.717, 1.165) is 19.4 Å². The highest BCUT2D eigenvalue weighted by atomic mass is 32.2. The van der Waals surface area contributed by atoms with Gasteiger partial charge in [0.2, 0.25) is 0 Å². The van der Waals surface area contributed by atoms with Crippen molar-refractivity contribution in [2.45, 2.75) is 30.4 Å². The molecule has 0 spiro atoms. The van der Waals surface area contributed by atoms with Crippen molar-refractivity contribution in [3.63, 3.8) is 0 Å². The Labute approximate surface area is 81.0 Å². The molecule has 0 aromatic rings. The van der Waals surface area contributed by atoms with Crippen LogP contribution >= 0.6 is 11.8 Å². The number of hydrogen-bond acceptors (Lipinski definition) is 4. The Balaban J connectivity index is 1.86. The minimum Gasteiger partial charge on any atom is -0.480 e. The highest BCUT2D eigenvalue weighted by Crippen LogP contribution is 2.28. The Kier molecular flexibility index (Phi) is 2.76. The van der Waals surface area contributed by atoms with E-state index in [1.54, 1.807) is 11.8 Å². The molecule has 2 rings (SSSR count). The highest BCUT2D eigenvalue weighted by Gasteiger charge is 2.35. The van der Waals surface area contributed by atoms with Gasteiger partial charge in [-0.2, -0.15) is 0 Å². The minimum absolute atomic E-state index is 0.184. The van der Waals surface area contributed by atoms with Gasteiger partial charge in [0.1, 0.15) is 6.04 Å². The van der Waals surface area contributed by atoms with Crippen molar-refractivity contribution in [2.24, 2.45) is 0 Å². The molecule has 2 N–H and O–H groups in total. The quantitative estimate of drug-likeness (QED) is 0.675. The summed E-state index contributed by atoms with van der Waals surface area (Å²) in [6.07, 6.45) is 2.37. The van der Waals surface area contributed by atoms with Gasteiger partial charge in [-0.3, -0.25) is 10.1 Å². The predicted molar refractivity (Wildman–Crippen MR) is 49.8 cm³/mol. The molecule has 74 valence electrons. The molecule has 0 radical (unpaired) electrons. The molecule has 4 nitrogen and oxygen atoms in total. The van der Waals surface area contributed by atoms with Crippen LogP contribution < -0.4 is 5.32 Å². The number of carboxylic acids is 1.